The SMILES string of the molecule is CCCCCCCCCCCCCCCC/C=C/CCCC(O)C(O)C(COC1OC(CO)C(O)C(O)C1O)NC(=O)C(O)CCCCCCCCCCCCCCCCCCCC. The Bertz CT molecular complexity index is 1050. The third-order valence-corrected chi connectivity index (χ3v) is 13.3. The number of aliphatic hydroxyl groups excluding tert-OH is 7. The Hall–Kier alpha value is -1.15. The van der Waals surface area contributed by atoms with E-state index < -0.39 is 74.2 Å². The van der Waals surface area contributed by atoms with Crippen molar-refractivity contribution in [3.63, 3.8) is 0 Å². The molecule has 0 bridgehead atoms. The molecule has 1 aliphatic rings. The standard InChI is InChI=1S/C53H103NO10/c1-3-5-7-9-11-13-15-17-19-21-23-25-26-28-30-32-34-36-38-40-45(56)48(58)44(43-63-53-51(61)50(60)49(59)47(42-55)64-53)54-52(62)46(57)41-39-37-35-33-31-29-27-24-22-20-18-16-14-12-10-8-6-4-2/h32,34,44-51,53,55-61H,3-31,33,35-43H2,1-2H3,(H,54,62)/b34-32+. The van der Waals surface area contributed by atoms with Gasteiger partial charge in [0.25, 0.3) is 0 Å². The van der Waals surface area contributed by atoms with E-state index in [2.05, 4.69) is 31.3 Å². The largest absolute Gasteiger partial charge is 0.394 e. The Labute approximate surface area is 392 Å². The lowest BCUT2D eigenvalue weighted by Gasteiger charge is -2.40. The highest BCUT2D eigenvalue weighted by atomic mass is 16.7. The molecule has 1 rings (SSSR count). The normalized spacial score (nSPS) is 21.0. The van der Waals surface area contributed by atoms with Crippen molar-refractivity contribution < 1.29 is 50.0 Å². The van der Waals surface area contributed by atoms with Crippen LogP contribution in [-0.2, 0) is 14.3 Å². The van der Waals surface area contributed by atoms with Crippen LogP contribution in [0.1, 0.15) is 251 Å². The highest BCUT2D eigenvalue weighted by Crippen LogP contribution is 2.23. The number of hydrogen-bond donors (Lipinski definition) is 8. The summed E-state index contributed by atoms with van der Waals surface area (Å²) < 4.78 is 11.1. The number of aliphatic hydroxyl groups is 7. The molecule has 0 aromatic carbocycles. The number of amides is 1. The van der Waals surface area contributed by atoms with E-state index in [-0.39, 0.29) is 12.8 Å². The molecule has 380 valence electrons. The molecule has 8 N–H and O–H groups in total. The summed E-state index contributed by atoms with van der Waals surface area (Å²) in [5.74, 6) is -0.702. The van der Waals surface area contributed by atoms with E-state index in [1.807, 2.05) is 0 Å². The maximum Gasteiger partial charge on any atom is 0.249 e. The lowest BCUT2D eigenvalue weighted by Crippen LogP contribution is -2.60. The van der Waals surface area contributed by atoms with Crippen LogP contribution in [0.5, 0.6) is 0 Å². The second-order valence-corrected chi connectivity index (χ2v) is 19.3. The average Bonchev–Trinajstić information content (AvgIpc) is 3.29. The molecule has 9 atom stereocenters. The second kappa shape index (κ2) is 43.2. The Morgan fingerprint density at radius 3 is 1.34 bits per heavy atom. The van der Waals surface area contributed by atoms with Crippen LogP contribution >= 0.6 is 0 Å². The molecule has 0 aromatic rings. The van der Waals surface area contributed by atoms with E-state index in [4.69, 9.17) is 9.47 Å². The lowest BCUT2D eigenvalue weighted by molar-refractivity contribution is -0.303. The molecule has 11 nitrogen and oxygen atoms in total. The fraction of sp³-hybridized carbons (Fsp3) is 0.943. The van der Waals surface area contributed by atoms with Gasteiger partial charge in [-0.25, -0.2) is 0 Å². The van der Waals surface area contributed by atoms with Crippen molar-refractivity contribution >= 4 is 5.91 Å². The fourth-order valence-corrected chi connectivity index (χ4v) is 8.85. The van der Waals surface area contributed by atoms with Crippen molar-refractivity contribution in [3.8, 4) is 0 Å². The highest BCUT2D eigenvalue weighted by molar-refractivity contribution is 5.80. The lowest BCUT2D eigenvalue weighted by atomic mass is 9.98. The number of ether oxygens (including phenoxy) is 2. The maximum atomic E-state index is 13.1. The molecule has 1 amide bonds. The van der Waals surface area contributed by atoms with E-state index in [9.17, 15) is 40.5 Å². The van der Waals surface area contributed by atoms with Gasteiger partial charge in [-0.3, -0.25) is 4.79 Å². The minimum Gasteiger partial charge on any atom is -0.394 e. The zero-order valence-electron chi connectivity index (χ0n) is 41.3. The number of rotatable bonds is 46. The Morgan fingerprint density at radius 2 is 0.922 bits per heavy atom. The summed E-state index contributed by atoms with van der Waals surface area (Å²) in [6.07, 6.45) is 36.9. The molecule has 9 unspecified atom stereocenters. The quantitative estimate of drug-likeness (QED) is 0.0216. The number of allylic oxidation sites excluding steroid dienone is 2. The molecule has 1 aliphatic heterocycles. The Kier molecular flexibility index (Phi) is 41.0. The molecule has 0 spiro atoms. The zero-order valence-corrected chi connectivity index (χ0v) is 41.3. The first-order valence-electron chi connectivity index (χ1n) is 27.1. The summed E-state index contributed by atoms with van der Waals surface area (Å²) >= 11 is 0. The van der Waals surface area contributed by atoms with Crippen LogP contribution in [-0.4, -0.2) is 110 Å². The minimum atomic E-state index is -1.66. The van der Waals surface area contributed by atoms with Gasteiger partial charge in [0.2, 0.25) is 5.91 Å². The fourth-order valence-electron chi connectivity index (χ4n) is 8.85. The molecule has 1 fully saturated rings. The van der Waals surface area contributed by atoms with Crippen LogP contribution in [0.4, 0.5) is 0 Å². The van der Waals surface area contributed by atoms with Gasteiger partial charge in [-0.1, -0.05) is 225 Å². The highest BCUT2D eigenvalue weighted by Gasteiger charge is 2.44. The molecular weight excluding hydrogens is 811 g/mol. The van der Waals surface area contributed by atoms with Crippen molar-refractivity contribution in [3.05, 3.63) is 12.2 Å². The van der Waals surface area contributed by atoms with E-state index >= 15 is 0 Å². The van der Waals surface area contributed by atoms with Crippen LogP contribution in [0.25, 0.3) is 0 Å². The third-order valence-electron chi connectivity index (χ3n) is 13.3. The van der Waals surface area contributed by atoms with Crippen LogP contribution in [0.15, 0.2) is 12.2 Å². The van der Waals surface area contributed by atoms with Gasteiger partial charge in [-0.2, -0.15) is 0 Å². The molecule has 0 saturated carbocycles. The van der Waals surface area contributed by atoms with Crippen molar-refractivity contribution in [2.75, 3.05) is 13.2 Å². The maximum absolute atomic E-state index is 13.1. The summed E-state index contributed by atoms with van der Waals surface area (Å²) in [5.41, 5.74) is 0. The number of carbonyl (C=O) groups is 1. The first-order valence-corrected chi connectivity index (χ1v) is 27.1. The van der Waals surface area contributed by atoms with Crippen LogP contribution in [0.2, 0.25) is 0 Å². The molecule has 0 aromatic heterocycles. The number of hydrogen-bond acceptors (Lipinski definition) is 10. The molecular formula is C53H103NO10. The van der Waals surface area contributed by atoms with E-state index in [1.54, 1.807) is 0 Å². The smallest absolute Gasteiger partial charge is 0.249 e. The summed E-state index contributed by atoms with van der Waals surface area (Å²) in [5, 5.41) is 76.0. The van der Waals surface area contributed by atoms with Crippen molar-refractivity contribution in [2.24, 2.45) is 0 Å². The van der Waals surface area contributed by atoms with Gasteiger partial charge >= 0.3 is 0 Å². The van der Waals surface area contributed by atoms with Crippen LogP contribution in [0.3, 0.4) is 0 Å². The van der Waals surface area contributed by atoms with Gasteiger partial charge < -0.3 is 50.5 Å². The molecule has 0 aliphatic carbocycles. The zero-order chi connectivity index (χ0) is 46.9. The van der Waals surface area contributed by atoms with Crippen molar-refractivity contribution in [1.29, 1.82) is 0 Å². The molecule has 1 saturated heterocycles. The number of nitrogens with one attached hydrogen (secondary N) is 1. The van der Waals surface area contributed by atoms with Crippen molar-refractivity contribution in [2.45, 2.75) is 306 Å². The average molecular weight is 914 g/mol. The van der Waals surface area contributed by atoms with Crippen LogP contribution in [0, 0.1) is 0 Å². The third kappa shape index (κ3) is 31.8. The van der Waals surface area contributed by atoms with E-state index in [0.29, 0.717) is 12.8 Å². The first kappa shape index (κ1) is 60.9. The molecule has 64 heavy (non-hydrogen) atoms. The predicted octanol–water partition coefficient (Wildman–Crippen LogP) is 10.4. The molecule has 1 heterocycles. The molecule has 11 heteroatoms. The topological polar surface area (TPSA) is 189 Å². The first-order chi connectivity index (χ1) is 31.2. The van der Waals surface area contributed by atoms with Gasteiger partial charge in [0.05, 0.1) is 25.4 Å². The Balaban J connectivity index is 2.38. The van der Waals surface area contributed by atoms with Gasteiger partial charge in [0, 0.05) is 0 Å². The monoisotopic (exact) mass is 914 g/mol. The van der Waals surface area contributed by atoms with E-state index in [1.165, 1.54) is 173 Å². The van der Waals surface area contributed by atoms with Gasteiger partial charge in [0.15, 0.2) is 6.29 Å². The second-order valence-electron chi connectivity index (χ2n) is 19.3. The summed E-state index contributed by atoms with van der Waals surface area (Å²) in [6, 6.07) is -1.18. The number of carbonyl (C=O) groups excluding carboxylic acids is 1. The van der Waals surface area contributed by atoms with Gasteiger partial charge in [-0.05, 0) is 38.5 Å². The minimum absolute atomic E-state index is 0.259. The van der Waals surface area contributed by atoms with E-state index in [0.717, 1.165) is 38.5 Å². The van der Waals surface area contributed by atoms with Gasteiger partial charge in [-0.15, -0.1) is 0 Å². The predicted molar refractivity (Wildman–Crippen MR) is 261 cm³/mol. The Morgan fingerprint density at radius 1 is 0.531 bits per heavy atom. The van der Waals surface area contributed by atoms with Crippen LogP contribution < -0.4 is 5.32 Å². The molecule has 0 radical (unpaired) electrons. The summed E-state index contributed by atoms with van der Waals surface area (Å²) in [6.45, 7) is 3.46. The van der Waals surface area contributed by atoms with Gasteiger partial charge in [0.1, 0.15) is 36.6 Å². The van der Waals surface area contributed by atoms with Crippen molar-refractivity contribution in [1.82, 2.24) is 5.32 Å². The summed E-state index contributed by atoms with van der Waals surface area (Å²) in [7, 11) is 0. The summed E-state index contributed by atoms with van der Waals surface area (Å²) in [4.78, 5) is 13.1. The number of unbranched alkanes of at least 4 members (excludes halogenated alkanes) is 32.